The van der Waals surface area contributed by atoms with Crippen molar-refractivity contribution in [2.75, 3.05) is 0 Å². The van der Waals surface area contributed by atoms with Gasteiger partial charge in [0.15, 0.2) is 0 Å². The smallest absolute Gasteiger partial charge is 0.305 e. The predicted molar refractivity (Wildman–Crippen MR) is 135 cm³/mol. The summed E-state index contributed by atoms with van der Waals surface area (Å²) in [5.41, 5.74) is 1.09. The Kier molecular flexibility index (Phi) is 8.46. The van der Waals surface area contributed by atoms with Gasteiger partial charge in [-0.3, -0.25) is 0 Å². The summed E-state index contributed by atoms with van der Waals surface area (Å²) in [6.45, 7) is 5.37. The lowest BCUT2D eigenvalue weighted by molar-refractivity contribution is -0.137. The first kappa shape index (κ1) is 27.3. The van der Waals surface area contributed by atoms with Crippen molar-refractivity contribution in [2.24, 2.45) is 5.41 Å². The van der Waals surface area contributed by atoms with Gasteiger partial charge in [0.1, 0.15) is 0 Å². The minimum absolute atomic E-state index is 0.137. The lowest BCUT2D eigenvalue weighted by atomic mass is 9.79. The van der Waals surface area contributed by atoms with Gasteiger partial charge < -0.3 is 5.32 Å². The van der Waals surface area contributed by atoms with Crippen molar-refractivity contribution in [3.8, 4) is 12.1 Å². The van der Waals surface area contributed by atoms with E-state index in [9.17, 15) is 23.7 Å². The second kappa shape index (κ2) is 11.2. The van der Waals surface area contributed by atoms with Crippen LogP contribution in [0.15, 0.2) is 72.8 Å². The molecule has 0 aliphatic carbocycles. The summed E-state index contributed by atoms with van der Waals surface area (Å²) in [5, 5.41) is 23.4. The second-order valence-corrected chi connectivity index (χ2v) is 9.96. The molecule has 36 heavy (non-hydrogen) atoms. The Balaban J connectivity index is 2.02. The summed E-state index contributed by atoms with van der Waals surface area (Å²) < 4.78 is 40.3. The maximum atomic E-state index is 13.4. The van der Waals surface area contributed by atoms with Crippen LogP contribution in [0.1, 0.15) is 60.5 Å². The van der Waals surface area contributed by atoms with Gasteiger partial charge in [0.25, 0.3) is 0 Å². The lowest BCUT2D eigenvalue weighted by Crippen LogP contribution is -2.42. The van der Waals surface area contributed by atoms with Gasteiger partial charge in [0.05, 0.1) is 34.7 Å². The maximum absolute atomic E-state index is 13.4. The Hall–Kier alpha value is -3.32. The molecule has 0 fully saturated rings. The summed E-state index contributed by atoms with van der Waals surface area (Å²) in [4.78, 5) is 0. The van der Waals surface area contributed by atoms with Crippen LogP contribution in [0.4, 0.5) is 13.2 Å². The molecule has 0 heterocycles. The van der Waals surface area contributed by atoms with Gasteiger partial charge in [0, 0.05) is 17.0 Å². The largest absolute Gasteiger partial charge is 0.416 e. The zero-order chi connectivity index (χ0) is 26.5. The molecule has 3 rings (SSSR count). The van der Waals surface area contributed by atoms with Crippen LogP contribution in [-0.2, 0) is 12.6 Å². The van der Waals surface area contributed by atoms with Crippen molar-refractivity contribution < 1.29 is 13.2 Å². The molecule has 0 radical (unpaired) electrons. The van der Waals surface area contributed by atoms with Gasteiger partial charge in [-0.2, -0.15) is 23.7 Å². The van der Waals surface area contributed by atoms with Gasteiger partial charge in [-0.1, -0.05) is 48.0 Å². The average molecular weight is 510 g/mol. The minimum Gasteiger partial charge on any atom is -0.305 e. The van der Waals surface area contributed by atoms with Crippen molar-refractivity contribution in [3.63, 3.8) is 0 Å². The molecule has 3 aromatic rings. The Labute approximate surface area is 215 Å². The number of halogens is 4. The Bertz CT molecular complexity index is 1270. The highest BCUT2D eigenvalue weighted by molar-refractivity contribution is 6.30. The number of benzene rings is 3. The monoisotopic (exact) mass is 509 g/mol. The lowest BCUT2D eigenvalue weighted by Gasteiger charge is -2.36. The van der Waals surface area contributed by atoms with E-state index in [-0.39, 0.29) is 12.0 Å². The molecule has 186 valence electrons. The van der Waals surface area contributed by atoms with Gasteiger partial charge in [-0.05, 0) is 80.3 Å². The molecule has 1 N–H and O–H groups in total. The standard InChI is InChI=1S/C29H27ClF3N3/c1-19(36-27(28(2,3)18-35)23-8-5-9-24(16-23)29(31,32)33)26(15-20-10-12-25(30)13-11-20)22-7-4-6-21(14-22)17-34/h4-14,16,19,26-27,36H,15H2,1-3H3/t19-,26+,27?/m0/s1. The molecule has 0 aliphatic rings. The van der Waals surface area contributed by atoms with Gasteiger partial charge in [0.2, 0.25) is 0 Å². The van der Waals surface area contributed by atoms with E-state index in [0.717, 1.165) is 23.3 Å². The molecular weight excluding hydrogens is 483 g/mol. The van der Waals surface area contributed by atoms with E-state index in [1.54, 1.807) is 26.0 Å². The number of hydrogen-bond donors (Lipinski definition) is 1. The molecule has 0 bridgehead atoms. The van der Waals surface area contributed by atoms with E-state index >= 15 is 0 Å². The van der Waals surface area contributed by atoms with Crippen LogP contribution in [0.5, 0.6) is 0 Å². The summed E-state index contributed by atoms with van der Waals surface area (Å²) in [7, 11) is 0. The summed E-state index contributed by atoms with van der Waals surface area (Å²) in [5.74, 6) is -0.137. The van der Waals surface area contributed by atoms with Gasteiger partial charge in [-0.25, -0.2) is 0 Å². The molecule has 1 unspecified atom stereocenters. The average Bonchev–Trinajstić information content (AvgIpc) is 2.86. The molecule has 3 nitrogen and oxygen atoms in total. The molecule has 0 aliphatic heterocycles. The second-order valence-electron chi connectivity index (χ2n) is 9.52. The zero-order valence-corrected chi connectivity index (χ0v) is 21.0. The Morgan fingerprint density at radius 3 is 2.17 bits per heavy atom. The van der Waals surface area contributed by atoms with Gasteiger partial charge in [-0.15, -0.1) is 0 Å². The van der Waals surface area contributed by atoms with Crippen LogP contribution in [0.3, 0.4) is 0 Å². The van der Waals surface area contributed by atoms with Crippen molar-refractivity contribution >= 4 is 11.6 Å². The van der Waals surface area contributed by atoms with E-state index in [0.29, 0.717) is 22.6 Å². The fourth-order valence-corrected chi connectivity index (χ4v) is 4.48. The molecule has 3 atom stereocenters. The number of nitrogens with one attached hydrogen (secondary N) is 1. The maximum Gasteiger partial charge on any atom is 0.416 e. The van der Waals surface area contributed by atoms with Gasteiger partial charge >= 0.3 is 6.18 Å². The van der Waals surface area contributed by atoms with Crippen molar-refractivity contribution in [1.29, 1.82) is 10.5 Å². The molecule has 0 saturated heterocycles. The highest BCUT2D eigenvalue weighted by Crippen LogP contribution is 2.38. The molecule has 3 aromatic carbocycles. The minimum atomic E-state index is -4.49. The van der Waals surface area contributed by atoms with Crippen LogP contribution in [0.2, 0.25) is 5.02 Å². The fraction of sp³-hybridized carbons (Fsp3) is 0.310. The quantitative estimate of drug-likeness (QED) is 0.336. The normalized spacial score (nSPS) is 14.4. The number of alkyl halides is 3. The molecule has 0 amide bonds. The Morgan fingerprint density at radius 1 is 0.917 bits per heavy atom. The highest BCUT2D eigenvalue weighted by Gasteiger charge is 2.36. The highest BCUT2D eigenvalue weighted by atomic mass is 35.5. The molecule has 0 spiro atoms. The van der Waals surface area contributed by atoms with Crippen molar-refractivity contribution in [3.05, 3.63) is 106 Å². The summed E-state index contributed by atoms with van der Waals surface area (Å²) in [6, 6.07) is 23.4. The van der Waals surface area contributed by atoms with Crippen LogP contribution < -0.4 is 5.32 Å². The van der Waals surface area contributed by atoms with E-state index in [1.807, 2.05) is 49.4 Å². The van der Waals surface area contributed by atoms with Crippen LogP contribution >= 0.6 is 11.6 Å². The number of nitriles is 2. The van der Waals surface area contributed by atoms with Crippen LogP contribution in [-0.4, -0.2) is 6.04 Å². The molecular formula is C29H27ClF3N3. The van der Waals surface area contributed by atoms with E-state index in [4.69, 9.17) is 11.6 Å². The Morgan fingerprint density at radius 2 is 1.56 bits per heavy atom. The van der Waals surface area contributed by atoms with Crippen LogP contribution in [0.25, 0.3) is 0 Å². The fourth-order valence-electron chi connectivity index (χ4n) is 4.36. The topological polar surface area (TPSA) is 59.6 Å². The third kappa shape index (κ3) is 6.66. The van der Waals surface area contributed by atoms with Crippen molar-refractivity contribution in [1.82, 2.24) is 5.32 Å². The zero-order valence-electron chi connectivity index (χ0n) is 20.3. The predicted octanol–water partition coefficient (Wildman–Crippen LogP) is 7.83. The summed E-state index contributed by atoms with van der Waals surface area (Å²) >= 11 is 6.06. The number of rotatable bonds is 8. The summed E-state index contributed by atoms with van der Waals surface area (Å²) in [6.07, 6.45) is -3.89. The molecule has 7 heteroatoms. The van der Waals surface area contributed by atoms with Crippen molar-refractivity contribution in [2.45, 2.75) is 51.4 Å². The first-order valence-electron chi connectivity index (χ1n) is 11.5. The SMILES string of the molecule is C[C@H](NC(c1cccc(C(F)(F)F)c1)C(C)(C)C#N)[C@@H](Cc1ccc(Cl)cc1)c1cccc(C#N)c1. The molecule has 0 aromatic heterocycles. The number of hydrogen-bond acceptors (Lipinski definition) is 3. The van der Waals surface area contributed by atoms with Crippen LogP contribution in [0, 0.1) is 28.1 Å². The van der Waals surface area contributed by atoms with E-state index in [1.165, 1.54) is 6.07 Å². The third-order valence-corrected chi connectivity index (χ3v) is 6.65. The molecule has 0 saturated carbocycles. The first-order valence-corrected chi connectivity index (χ1v) is 11.9. The first-order chi connectivity index (χ1) is 16.9. The number of nitrogens with zero attached hydrogens (tertiary/aromatic N) is 2. The third-order valence-electron chi connectivity index (χ3n) is 6.40. The van der Waals surface area contributed by atoms with E-state index < -0.39 is 23.2 Å². The van der Waals surface area contributed by atoms with E-state index in [2.05, 4.69) is 17.5 Å².